The normalized spacial score (nSPS) is 14.0. The molecule has 0 aromatic rings. The van der Waals surface area contributed by atoms with Gasteiger partial charge in [0.15, 0.2) is 0 Å². The van der Waals surface area contributed by atoms with Crippen molar-refractivity contribution in [3.8, 4) is 0 Å². The lowest BCUT2D eigenvalue weighted by atomic mass is 10.0. The van der Waals surface area contributed by atoms with E-state index in [1.807, 2.05) is 13.8 Å². The molecule has 0 atom stereocenters. The molecule has 0 amide bonds. The van der Waals surface area contributed by atoms with Crippen LogP contribution < -0.4 is 0 Å². The summed E-state index contributed by atoms with van der Waals surface area (Å²) in [5.74, 6) is 0. The van der Waals surface area contributed by atoms with Crippen molar-refractivity contribution in [3.63, 3.8) is 0 Å². The molecule has 0 aromatic carbocycles. The Kier molecular flexibility index (Phi) is 33.6. The van der Waals surface area contributed by atoms with Gasteiger partial charge < -0.3 is 0 Å². The molecule has 0 saturated heterocycles. The van der Waals surface area contributed by atoms with E-state index < -0.39 is 0 Å². The van der Waals surface area contributed by atoms with Crippen molar-refractivity contribution in [2.75, 3.05) is 0 Å². The Morgan fingerprint density at radius 1 is 0.667 bits per heavy atom. The third-order valence-corrected chi connectivity index (χ3v) is 1.50. The minimum atomic E-state index is 0. The Morgan fingerprint density at radius 3 is 0.833 bits per heavy atom. The van der Waals surface area contributed by atoms with E-state index in [2.05, 4.69) is 13.8 Å². The van der Waals surface area contributed by atoms with Crippen LogP contribution in [0.25, 0.3) is 0 Å². The largest absolute Gasteiger partial charge is 0.0683 e. The van der Waals surface area contributed by atoms with Crippen molar-refractivity contribution in [3.05, 3.63) is 0 Å². The third kappa shape index (κ3) is 22.5. The fourth-order valence-electron chi connectivity index (χ4n) is 1.06. The first-order valence-corrected chi connectivity index (χ1v) is 5.41. The van der Waals surface area contributed by atoms with Crippen LogP contribution in [0.1, 0.15) is 72.6 Å². The van der Waals surface area contributed by atoms with E-state index in [9.17, 15) is 0 Å². The van der Waals surface area contributed by atoms with Crippen LogP contribution in [-0.2, 0) is 0 Å². The van der Waals surface area contributed by atoms with Crippen LogP contribution in [0.4, 0.5) is 0 Å². The summed E-state index contributed by atoms with van der Waals surface area (Å²) in [5.41, 5.74) is 0. The fourth-order valence-corrected chi connectivity index (χ4v) is 1.06. The molecular weight excluding hydrogens is 143 g/mol. The van der Waals surface area contributed by atoms with Crippen molar-refractivity contribution in [1.82, 2.24) is 0 Å². The summed E-state index contributed by atoms with van der Waals surface area (Å²) >= 11 is 0. The van der Waals surface area contributed by atoms with Crippen LogP contribution in [0.3, 0.4) is 0 Å². The van der Waals surface area contributed by atoms with Gasteiger partial charge in [0, 0.05) is 8.41 Å². The molecule has 1 aliphatic carbocycles. The zero-order valence-corrected chi connectivity index (χ0v) is 9.53. The van der Waals surface area contributed by atoms with E-state index in [1.54, 1.807) is 0 Å². The van der Waals surface area contributed by atoms with Gasteiger partial charge in [0.2, 0.25) is 0 Å². The molecule has 1 fully saturated rings. The van der Waals surface area contributed by atoms with Crippen LogP contribution in [0.2, 0.25) is 0 Å². The van der Waals surface area contributed by atoms with Crippen molar-refractivity contribution in [2.24, 2.45) is 0 Å². The topological polar surface area (TPSA) is 0 Å². The zero-order chi connectivity index (χ0) is 8.95. The summed E-state index contributed by atoms with van der Waals surface area (Å²) in [6.45, 7) is 8.25. The molecular formula is C11H26B. The van der Waals surface area contributed by atoms with Gasteiger partial charge in [-0.2, -0.15) is 0 Å². The molecule has 3 radical (unpaired) electrons. The van der Waals surface area contributed by atoms with Gasteiger partial charge >= 0.3 is 0 Å². The Balaban J connectivity index is -0.000000119. The van der Waals surface area contributed by atoms with Crippen molar-refractivity contribution in [2.45, 2.75) is 72.6 Å². The quantitative estimate of drug-likeness (QED) is 0.471. The molecule has 0 bridgehead atoms. The number of hydrogen-bond acceptors (Lipinski definition) is 0. The van der Waals surface area contributed by atoms with E-state index in [4.69, 9.17) is 0 Å². The molecule has 1 rings (SSSR count). The van der Waals surface area contributed by atoms with Crippen LogP contribution in [0.5, 0.6) is 0 Å². The lowest BCUT2D eigenvalue weighted by Gasteiger charge is -2.05. The highest BCUT2D eigenvalue weighted by molar-refractivity contribution is 5.75. The first-order valence-electron chi connectivity index (χ1n) is 5.41. The summed E-state index contributed by atoms with van der Waals surface area (Å²) in [7, 11) is 0. The third-order valence-electron chi connectivity index (χ3n) is 1.50. The van der Waals surface area contributed by atoms with E-state index in [-0.39, 0.29) is 8.41 Å². The number of rotatable bonds is 0. The molecule has 1 saturated carbocycles. The molecule has 0 heterocycles. The van der Waals surface area contributed by atoms with Gasteiger partial charge in [-0.3, -0.25) is 0 Å². The average molecular weight is 169 g/mol. The minimum Gasteiger partial charge on any atom is -0.0683 e. The Labute approximate surface area is 81.7 Å². The maximum absolute atomic E-state index is 2.12. The zero-order valence-electron chi connectivity index (χ0n) is 9.53. The highest BCUT2D eigenvalue weighted by atomic mass is 14.0. The van der Waals surface area contributed by atoms with Gasteiger partial charge in [-0.15, -0.1) is 0 Å². The lowest BCUT2D eigenvalue weighted by molar-refractivity contribution is 0.504. The fraction of sp³-hybridized carbons (Fsp3) is 1.00. The smallest absolute Gasteiger partial charge is 0 e. The van der Waals surface area contributed by atoms with Crippen LogP contribution in [-0.4, -0.2) is 8.41 Å². The number of hydrogen-bond donors (Lipinski definition) is 0. The molecule has 0 unspecified atom stereocenters. The van der Waals surface area contributed by atoms with E-state index in [0.717, 1.165) is 0 Å². The van der Waals surface area contributed by atoms with Gasteiger partial charge in [0.1, 0.15) is 0 Å². The molecule has 12 heavy (non-hydrogen) atoms. The molecule has 0 nitrogen and oxygen atoms in total. The lowest BCUT2D eigenvalue weighted by Crippen LogP contribution is -1.85. The summed E-state index contributed by atoms with van der Waals surface area (Å²) < 4.78 is 0. The monoisotopic (exact) mass is 169 g/mol. The maximum atomic E-state index is 2.12. The van der Waals surface area contributed by atoms with Crippen molar-refractivity contribution < 1.29 is 0 Å². The first-order chi connectivity index (χ1) is 5.41. The second kappa shape index (κ2) is 22.5. The minimum absolute atomic E-state index is 0. The van der Waals surface area contributed by atoms with Crippen LogP contribution >= 0.6 is 0 Å². The maximum Gasteiger partial charge on any atom is 0 e. The predicted molar refractivity (Wildman–Crippen MR) is 60.8 cm³/mol. The van der Waals surface area contributed by atoms with Gasteiger partial charge in [-0.05, 0) is 0 Å². The second-order valence-corrected chi connectivity index (χ2v) is 2.83. The van der Waals surface area contributed by atoms with E-state index in [0.29, 0.717) is 0 Å². The molecule has 0 aromatic heterocycles. The standard InChI is InChI=1S/C6H12.C3H8.C2H6.B/c1-2-4-6-5-3-1;1-3-2;1-2;/h1-6H2;3H2,1-2H3;1-2H3;. The summed E-state index contributed by atoms with van der Waals surface area (Å²) in [4.78, 5) is 0. The second-order valence-electron chi connectivity index (χ2n) is 2.83. The van der Waals surface area contributed by atoms with Crippen molar-refractivity contribution in [1.29, 1.82) is 0 Å². The van der Waals surface area contributed by atoms with Gasteiger partial charge in [0.25, 0.3) is 0 Å². The summed E-state index contributed by atoms with van der Waals surface area (Å²) in [5, 5.41) is 0. The van der Waals surface area contributed by atoms with Gasteiger partial charge in [0.05, 0.1) is 0 Å². The summed E-state index contributed by atoms with van der Waals surface area (Å²) in [6.07, 6.45) is 10.2. The summed E-state index contributed by atoms with van der Waals surface area (Å²) in [6, 6.07) is 0. The van der Waals surface area contributed by atoms with Gasteiger partial charge in [-0.1, -0.05) is 72.6 Å². The predicted octanol–water partition coefficient (Wildman–Crippen LogP) is 4.40. The molecule has 0 N–H and O–H groups in total. The molecule has 73 valence electrons. The van der Waals surface area contributed by atoms with Gasteiger partial charge in [-0.25, -0.2) is 0 Å². The molecule has 1 aliphatic rings. The van der Waals surface area contributed by atoms with Crippen molar-refractivity contribution >= 4 is 8.41 Å². The highest BCUT2D eigenvalue weighted by Gasteiger charge is 1.95. The average Bonchev–Trinajstić information content (AvgIpc) is 2.12. The first kappa shape index (κ1) is 18.0. The SMILES string of the molecule is C1CCCCC1.CC.CCC.[B]. The van der Waals surface area contributed by atoms with Crippen LogP contribution in [0.15, 0.2) is 0 Å². The Hall–Kier alpha value is 0.0649. The van der Waals surface area contributed by atoms with E-state index >= 15 is 0 Å². The molecule has 0 aliphatic heterocycles. The molecule has 0 spiro atoms. The van der Waals surface area contributed by atoms with E-state index in [1.165, 1.54) is 44.9 Å². The Morgan fingerprint density at radius 2 is 0.750 bits per heavy atom. The highest BCUT2D eigenvalue weighted by Crippen LogP contribution is 2.15. The Bertz CT molecular complexity index is 28.8. The molecule has 1 heteroatoms. The van der Waals surface area contributed by atoms with Crippen LogP contribution in [0, 0.1) is 0 Å².